The fraction of sp³-hybridized carbons (Fsp3) is 0.100. The SMILES string of the molecule is Cn1ncc(N)c1-c1ccc(Cl)cc1F. The van der Waals surface area contributed by atoms with Crippen LogP contribution in [-0.4, -0.2) is 9.78 Å². The summed E-state index contributed by atoms with van der Waals surface area (Å²) in [4.78, 5) is 0. The minimum Gasteiger partial charge on any atom is -0.396 e. The topological polar surface area (TPSA) is 43.8 Å². The molecule has 78 valence electrons. The van der Waals surface area contributed by atoms with Gasteiger partial charge in [-0.1, -0.05) is 11.6 Å². The van der Waals surface area contributed by atoms with Crippen molar-refractivity contribution in [1.82, 2.24) is 9.78 Å². The number of hydrogen-bond donors (Lipinski definition) is 1. The Labute approximate surface area is 91.3 Å². The van der Waals surface area contributed by atoms with E-state index in [4.69, 9.17) is 17.3 Å². The summed E-state index contributed by atoms with van der Waals surface area (Å²) in [6, 6.07) is 4.46. The Balaban J connectivity index is 2.64. The van der Waals surface area contributed by atoms with Gasteiger partial charge >= 0.3 is 0 Å². The number of halogens is 2. The van der Waals surface area contributed by atoms with Crippen molar-refractivity contribution >= 4 is 17.3 Å². The van der Waals surface area contributed by atoms with E-state index in [0.717, 1.165) is 0 Å². The first-order valence-corrected chi connectivity index (χ1v) is 4.70. The molecule has 0 saturated carbocycles. The molecule has 1 heterocycles. The lowest BCUT2D eigenvalue weighted by Gasteiger charge is -2.05. The minimum absolute atomic E-state index is 0.358. The average Bonchev–Trinajstić information content (AvgIpc) is 2.48. The van der Waals surface area contributed by atoms with Gasteiger partial charge in [-0.15, -0.1) is 0 Å². The summed E-state index contributed by atoms with van der Waals surface area (Å²) in [6.07, 6.45) is 1.49. The van der Waals surface area contributed by atoms with Gasteiger partial charge in [0.25, 0.3) is 0 Å². The molecule has 0 bridgehead atoms. The molecule has 0 amide bonds. The second kappa shape index (κ2) is 3.55. The maximum atomic E-state index is 13.6. The second-order valence-corrected chi connectivity index (χ2v) is 3.63. The maximum absolute atomic E-state index is 13.6. The van der Waals surface area contributed by atoms with E-state index in [2.05, 4.69) is 5.10 Å². The largest absolute Gasteiger partial charge is 0.396 e. The molecule has 0 aliphatic rings. The number of hydrogen-bond acceptors (Lipinski definition) is 2. The van der Waals surface area contributed by atoms with Crippen molar-refractivity contribution in [1.29, 1.82) is 0 Å². The zero-order valence-corrected chi connectivity index (χ0v) is 8.79. The van der Waals surface area contributed by atoms with Crippen molar-refractivity contribution in [3.63, 3.8) is 0 Å². The molecule has 0 spiro atoms. The normalized spacial score (nSPS) is 10.6. The number of nitrogens with two attached hydrogens (primary N) is 1. The van der Waals surface area contributed by atoms with Crippen molar-refractivity contribution in [2.45, 2.75) is 0 Å². The Morgan fingerprint density at radius 2 is 2.20 bits per heavy atom. The van der Waals surface area contributed by atoms with Crippen LogP contribution in [0.15, 0.2) is 24.4 Å². The molecule has 2 N–H and O–H groups in total. The number of benzene rings is 1. The third-order valence-electron chi connectivity index (χ3n) is 2.15. The number of nitrogens with zero attached hydrogens (tertiary/aromatic N) is 2. The molecule has 1 aromatic heterocycles. The van der Waals surface area contributed by atoms with Crippen LogP contribution < -0.4 is 5.73 Å². The molecule has 15 heavy (non-hydrogen) atoms. The Kier molecular flexibility index (Phi) is 2.36. The molecule has 5 heteroatoms. The third kappa shape index (κ3) is 1.68. The Hall–Kier alpha value is -1.55. The van der Waals surface area contributed by atoms with Crippen LogP contribution in [0.1, 0.15) is 0 Å². The zero-order chi connectivity index (χ0) is 11.0. The molecule has 0 unspecified atom stereocenters. The van der Waals surface area contributed by atoms with Gasteiger partial charge in [0.15, 0.2) is 0 Å². The van der Waals surface area contributed by atoms with Crippen molar-refractivity contribution in [3.8, 4) is 11.3 Å². The van der Waals surface area contributed by atoms with Gasteiger partial charge in [0.1, 0.15) is 5.82 Å². The minimum atomic E-state index is -0.405. The van der Waals surface area contributed by atoms with Gasteiger partial charge in [0.2, 0.25) is 0 Å². The van der Waals surface area contributed by atoms with Crippen LogP contribution in [0.2, 0.25) is 5.02 Å². The molecule has 0 aliphatic carbocycles. The van der Waals surface area contributed by atoms with Crippen LogP contribution in [0.3, 0.4) is 0 Å². The van der Waals surface area contributed by atoms with E-state index in [1.54, 1.807) is 19.2 Å². The van der Waals surface area contributed by atoms with Crippen LogP contribution in [0.25, 0.3) is 11.3 Å². The lowest BCUT2D eigenvalue weighted by Crippen LogP contribution is -1.97. The van der Waals surface area contributed by atoms with Crippen molar-refractivity contribution < 1.29 is 4.39 Å². The highest BCUT2D eigenvalue weighted by molar-refractivity contribution is 6.30. The van der Waals surface area contributed by atoms with Gasteiger partial charge in [0.05, 0.1) is 17.6 Å². The summed E-state index contributed by atoms with van der Waals surface area (Å²) >= 11 is 5.66. The van der Waals surface area contributed by atoms with Gasteiger partial charge in [0, 0.05) is 17.6 Å². The molecule has 2 aromatic rings. The Morgan fingerprint density at radius 3 is 2.73 bits per heavy atom. The molecule has 0 radical (unpaired) electrons. The summed E-state index contributed by atoms with van der Waals surface area (Å²) in [5, 5.41) is 4.31. The highest BCUT2D eigenvalue weighted by Crippen LogP contribution is 2.28. The van der Waals surface area contributed by atoms with Crippen LogP contribution >= 0.6 is 11.6 Å². The summed E-state index contributed by atoms with van der Waals surface area (Å²) in [7, 11) is 1.71. The summed E-state index contributed by atoms with van der Waals surface area (Å²) < 4.78 is 15.1. The molecule has 0 atom stereocenters. The number of nitrogen functional groups attached to an aromatic ring is 1. The second-order valence-electron chi connectivity index (χ2n) is 3.20. The Morgan fingerprint density at radius 1 is 1.47 bits per heavy atom. The molecule has 2 rings (SSSR count). The van der Waals surface area contributed by atoms with Gasteiger partial charge in [-0.3, -0.25) is 4.68 Å². The van der Waals surface area contributed by atoms with E-state index in [-0.39, 0.29) is 0 Å². The molecule has 0 aliphatic heterocycles. The van der Waals surface area contributed by atoms with Gasteiger partial charge in [-0.2, -0.15) is 5.10 Å². The molecule has 3 nitrogen and oxygen atoms in total. The quantitative estimate of drug-likeness (QED) is 0.810. The van der Waals surface area contributed by atoms with Gasteiger partial charge in [-0.05, 0) is 18.2 Å². The first-order valence-electron chi connectivity index (χ1n) is 4.32. The number of aryl methyl sites for hydroxylation is 1. The number of rotatable bonds is 1. The summed E-state index contributed by atoms with van der Waals surface area (Å²) in [6.45, 7) is 0. The summed E-state index contributed by atoms with van der Waals surface area (Å²) in [5.74, 6) is -0.405. The molecule has 0 fully saturated rings. The smallest absolute Gasteiger partial charge is 0.134 e. The van der Waals surface area contributed by atoms with Crippen molar-refractivity contribution in [2.75, 3.05) is 5.73 Å². The van der Waals surface area contributed by atoms with Crippen LogP contribution in [0.4, 0.5) is 10.1 Å². The number of aromatic nitrogens is 2. The lowest BCUT2D eigenvalue weighted by atomic mass is 10.1. The van der Waals surface area contributed by atoms with E-state index in [1.165, 1.54) is 16.9 Å². The monoisotopic (exact) mass is 225 g/mol. The zero-order valence-electron chi connectivity index (χ0n) is 8.04. The van der Waals surface area contributed by atoms with Crippen molar-refractivity contribution in [3.05, 3.63) is 35.2 Å². The summed E-state index contributed by atoms with van der Waals surface area (Å²) in [5.41, 5.74) is 7.10. The highest BCUT2D eigenvalue weighted by atomic mass is 35.5. The first kappa shape index (κ1) is 9.98. The standard InChI is InChI=1S/C10H9ClFN3/c1-15-10(9(13)5-14-15)7-3-2-6(11)4-8(7)12/h2-5H,13H2,1H3. The van der Waals surface area contributed by atoms with E-state index in [1.807, 2.05) is 0 Å². The van der Waals surface area contributed by atoms with Crippen LogP contribution in [0, 0.1) is 5.82 Å². The number of anilines is 1. The van der Waals surface area contributed by atoms with Gasteiger partial charge < -0.3 is 5.73 Å². The maximum Gasteiger partial charge on any atom is 0.134 e. The fourth-order valence-electron chi connectivity index (χ4n) is 1.47. The van der Waals surface area contributed by atoms with E-state index in [9.17, 15) is 4.39 Å². The highest BCUT2D eigenvalue weighted by Gasteiger charge is 2.12. The first-order chi connectivity index (χ1) is 7.09. The molecular formula is C10H9ClFN3. The van der Waals surface area contributed by atoms with Crippen LogP contribution in [-0.2, 0) is 7.05 Å². The average molecular weight is 226 g/mol. The molecule has 1 aromatic carbocycles. The van der Waals surface area contributed by atoms with E-state index in [0.29, 0.717) is 22.0 Å². The molecular weight excluding hydrogens is 217 g/mol. The van der Waals surface area contributed by atoms with E-state index >= 15 is 0 Å². The van der Waals surface area contributed by atoms with Crippen molar-refractivity contribution in [2.24, 2.45) is 7.05 Å². The lowest BCUT2D eigenvalue weighted by molar-refractivity contribution is 0.628. The predicted molar refractivity (Wildman–Crippen MR) is 58.0 cm³/mol. The molecule has 0 saturated heterocycles. The van der Waals surface area contributed by atoms with Crippen LogP contribution in [0.5, 0.6) is 0 Å². The third-order valence-corrected chi connectivity index (χ3v) is 2.39. The van der Waals surface area contributed by atoms with E-state index < -0.39 is 5.82 Å². The fourth-order valence-corrected chi connectivity index (χ4v) is 1.62. The Bertz CT molecular complexity index is 488. The van der Waals surface area contributed by atoms with Gasteiger partial charge in [-0.25, -0.2) is 4.39 Å². The predicted octanol–water partition coefficient (Wildman–Crippen LogP) is 2.46.